The van der Waals surface area contributed by atoms with Crippen LogP contribution in [0.4, 0.5) is 5.69 Å². The van der Waals surface area contributed by atoms with Crippen LogP contribution in [0.15, 0.2) is 69.6 Å². The molecule has 1 aliphatic heterocycles. The number of ether oxygens (including phenoxy) is 2. The van der Waals surface area contributed by atoms with Gasteiger partial charge in [0.25, 0.3) is 5.56 Å². The van der Waals surface area contributed by atoms with Gasteiger partial charge in [-0.25, -0.2) is 9.79 Å². The molecule has 0 saturated heterocycles. The first kappa shape index (κ1) is 23.5. The lowest BCUT2D eigenvalue weighted by molar-refractivity contribution is -0.139. The van der Waals surface area contributed by atoms with Crippen molar-refractivity contribution in [2.45, 2.75) is 19.9 Å². The zero-order valence-corrected chi connectivity index (χ0v) is 20.7. The highest BCUT2D eigenvalue weighted by atomic mass is 32.1. The molecule has 0 unspecified atom stereocenters. The number of benzene rings is 2. The second-order valence-corrected chi connectivity index (χ2v) is 9.07. The number of methoxy groups -OCH3 is 1. The summed E-state index contributed by atoms with van der Waals surface area (Å²) in [4.78, 5) is 33.8. The Bertz CT molecular complexity index is 1430. The summed E-state index contributed by atoms with van der Waals surface area (Å²) in [5.74, 6) is 0.244. The quantitative estimate of drug-likeness (QED) is 0.511. The fourth-order valence-corrected chi connectivity index (χ4v) is 4.99. The fraction of sp³-hybridized carbons (Fsp3) is 0.269. The van der Waals surface area contributed by atoms with Gasteiger partial charge in [0.15, 0.2) is 4.80 Å². The molecule has 1 atom stereocenters. The van der Waals surface area contributed by atoms with Crippen molar-refractivity contribution in [3.63, 3.8) is 0 Å². The Morgan fingerprint density at radius 1 is 1.21 bits per heavy atom. The lowest BCUT2D eigenvalue weighted by Gasteiger charge is -2.25. The van der Waals surface area contributed by atoms with Gasteiger partial charge < -0.3 is 14.4 Å². The molecular formula is C26H27N3O4S. The number of anilines is 1. The molecule has 176 valence electrons. The van der Waals surface area contributed by atoms with E-state index in [2.05, 4.69) is 4.99 Å². The average molecular weight is 478 g/mol. The van der Waals surface area contributed by atoms with E-state index in [9.17, 15) is 9.59 Å². The molecule has 0 N–H and O–H groups in total. The molecule has 3 aromatic rings. The Kier molecular flexibility index (Phi) is 6.70. The van der Waals surface area contributed by atoms with Crippen molar-refractivity contribution in [1.29, 1.82) is 0 Å². The number of fused-ring (bicyclic) bond motifs is 1. The van der Waals surface area contributed by atoms with E-state index < -0.39 is 12.0 Å². The topological polar surface area (TPSA) is 73.1 Å². The van der Waals surface area contributed by atoms with E-state index in [1.165, 1.54) is 11.3 Å². The number of carbonyl (C=O) groups is 1. The highest BCUT2D eigenvalue weighted by Crippen LogP contribution is 2.31. The van der Waals surface area contributed by atoms with Crippen LogP contribution in [0.2, 0.25) is 0 Å². The molecule has 1 aromatic heterocycles. The van der Waals surface area contributed by atoms with Gasteiger partial charge >= 0.3 is 5.97 Å². The van der Waals surface area contributed by atoms with Gasteiger partial charge in [-0.2, -0.15) is 0 Å². The van der Waals surface area contributed by atoms with Crippen LogP contribution in [-0.4, -0.2) is 38.3 Å². The van der Waals surface area contributed by atoms with E-state index in [0.717, 1.165) is 16.8 Å². The standard InChI is InChI=1S/C26H27N3O4S/c1-6-33-25(31)22-16(2)27-26-29(23(22)18-10-12-19(13-11-18)28(3)4)24(30)21(34-26)15-17-8-7-9-20(14-17)32-5/h7-15,23H,6H2,1-5H3/b21-15-/t23-/m0/s1. The monoisotopic (exact) mass is 477 g/mol. The molecule has 2 heterocycles. The second-order valence-electron chi connectivity index (χ2n) is 8.06. The molecule has 1 aliphatic rings. The van der Waals surface area contributed by atoms with Gasteiger partial charge in [0.1, 0.15) is 5.75 Å². The van der Waals surface area contributed by atoms with Crippen molar-refractivity contribution < 1.29 is 14.3 Å². The molecule has 0 radical (unpaired) electrons. The summed E-state index contributed by atoms with van der Waals surface area (Å²) in [5, 5.41) is 0. The summed E-state index contributed by atoms with van der Waals surface area (Å²) in [6.45, 7) is 3.78. The predicted octanol–water partition coefficient (Wildman–Crippen LogP) is 2.87. The SMILES string of the molecule is CCOC(=O)C1=C(C)N=c2s/c(=C\c3cccc(OC)c3)c(=O)n2[C@H]1c1ccc(N(C)C)cc1. The normalized spacial score (nSPS) is 15.6. The number of hydrogen-bond acceptors (Lipinski definition) is 7. The Labute approximate surface area is 201 Å². The van der Waals surface area contributed by atoms with E-state index in [4.69, 9.17) is 9.47 Å². The number of esters is 1. The van der Waals surface area contributed by atoms with Crippen LogP contribution in [0.25, 0.3) is 6.08 Å². The van der Waals surface area contributed by atoms with Crippen molar-refractivity contribution in [2.24, 2.45) is 4.99 Å². The summed E-state index contributed by atoms with van der Waals surface area (Å²) in [5.41, 5.74) is 3.40. The summed E-state index contributed by atoms with van der Waals surface area (Å²) in [7, 11) is 5.53. The molecule has 0 saturated carbocycles. The Hall–Kier alpha value is -3.65. The first-order chi connectivity index (χ1) is 16.3. The molecule has 4 rings (SSSR count). The highest BCUT2D eigenvalue weighted by molar-refractivity contribution is 7.07. The molecule has 0 bridgehead atoms. The van der Waals surface area contributed by atoms with Crippen molar-refractivity contribution >= 4 is 29.1 Å². The smallest absolute Gasteiger partial charge is 0.338 e. The van der Waals surface area contributed by atoms with E-state index in [0.29, 0.717) is 26.4 Å². The lowest BCUT2D eigenvalue weighted by atomic mass is 9.95. The average Bonchev–Trinajstić information content (AvgIpc) is 3.12. The van der Waals surface area contributed by atoms with E-state index >= 15 is 0 Å². The maximum Gasteiger partial charge on any atom is 0.338 e. The number of thiazole rings is 1. The number of rotatable bonds is 6. The van der Waals surface area contributed by atoms with Crippen molar-refractivity contribution in [3.05, 3.63) is 90.6 Å². The molecule has 34 heavy (non-hydrogen) atoms. The maximum absolute atomic E-state index is 13.6. The second kappa shape index (κ2) is 9.69. The number of nitrogens with zero attached hydrogens (tertiary/aromatic N) is 3. The lowest BCUT2D eigenvalue weighted by Crippen LogP contribution is -2.39. The van der Waals surface area contributed by atoms with E-state index in [1.807, 2.05) is 73.6 Å². The van der Waals surface area contributed by atoms with Crippen LogP contribution < -0.4 is 24.5 Å². The van der Waals surface area contributed by atoms with Crippen LogP contribution >= 0.6 is 11.3 Å². The minimum absolute atomic E-state index is 0.206. The summed E-state index contributed by atoms with van der Waals surface area (Å²) in [6, 6.07) is 14.7. The molecular weight excluding hydrogens is 450 g/mol. The van der Waals surface area contributed by atoms with Gasteiger partial charge in [-0.05, 0) is 55.3 Å². The van der Waals surface area contributed by atoms with Crippen molar-refractivity contribution in [1.82, 2.24) is 4.57 Å². The number of hydrogen-bond donors (Lipinski definition) is 0. The molecule has 0 amide bonds. The first-order valence-electron chi connectivity index (χ1n) is 10.9. The summed E-state index contributed by atoms with van der Waals surface area (Å²) in [6.07, 6.45) is 1.82. The molecule has 0 fully saturated rings. The van der Waals surface area contributed by atoms with Crippen LogP contribution in [0.1, 0.15) is 31.0 Å². The molecule has 7 nitrogen and oxygen atoms in total. The van der Waals surface area contributed by atoms with Gasteiger partial charge in [0.05, 0.1) is 35.6 Å². The molecule has 0 spiro atoms. The summed E-state index contributed by atoms with van der Waals surface area (Å²) < 4.78 is 12.8. The number of allylic oxidation sites excluding steroid dienone is 1. The first-order valence-corrected chi connectivity index (χ1v) is 11.8. The van der Waals surface area contributed by atoms with Crippen LogP contribution in [0.5, 0.6) is 5.75 Å². The third kappa shape index (κ3) is 4.41. The number of aromatic nitrogens is 1. The Morgan fingerprint density at radius 2 is 1.94 bits per heavy atom. The number of carbonyl (C=O) groups excluding carboxylic acids is 1. The molecule has 8 heteroatoms. The molecule has 0 aliphatic carbocycles. The van der Waals surface area contributed by atoms with Gasteiger partial charge in [-0.15, -0.1) is 0 Å². The largest absolute Gasteiger partial charge is 0.497 e. The Balaban J connectivity index is 1.92. The van der Waals surface area contributed by atoms with Crippen LogP contribution in [-0.2, 0) is 9.53 Å². The highest BCUT2D eigenvalue weighted by Gasteiger charge is 2.33. The third-order valence-electron chi connectivity index (χ3n) is 5.63. The van der Waals surface area contributed by atoms with Gasteiger partial charge in [-0.1, -0.05) is 35.6 Å². The van der Waals surface area contributed by atoms with Crippen LogP contribution in [0, 0.1) is 0 Å². The van der Waals surface area contributed by atoms with Crippen molar-refractivity contribution in [3.8, 4) is 5.75 Å². The van der Waals surface area contributed by atoms with E-state index in [-0.39, 0.29) is 12.2 Å². The van der Waals surface area contributed by atoms with Gasteiger partial charge in [-0.3, -0.25) is 9.36 Å². The van der Waals surface area contributed by atoms with Gasteiger partial charge in [0, 0.05) is 19.8 Å². The summed E-state index contributed by atoms with van der Waals surface area (Å²) >= 11 is 1.30. The van der Waals surface area contributed by atoms with Crippen LogP contribution in [0.3, 0.4) is 0 Å². The van der Waals surface area contributed by atoms with Crippen molar-refractivity contribution in [2.75, 3.05) is 32.7 Å². The third-order valence-corrected chi connectivity index (χ3v) is 6.62. The molecule has 2 aromatic carbocycles. The minimum atomic E-state index is -0.626. The zero-order chi connectivity index (χ0) is 24.4. The fourth-order valence-electron chi connectivity index (χ4n) is 3.94. The van der Waals surface area contributed by atoms with E-state index in [1.54, 1.807) is 25.5 Å². The zero-order valence-electron chi connectivity index (χ0n) is 19.9. The minimum Gasteiger partial charge on any atom is -0.497 e. The van der Waals surface area contributed by atoms with Gasteiger partial charge in [0.2, 0.25) is 0 Å². The maximum atomic E-state index is 13.6. The predicted molar refractivity (Wildman–Crippen MR) is 134 cm³/mol. The Morgan fingerprint density at radius 3 is 2.59 bits per heavy atom.